The van der Waals surface area contributed by atoms with Gasteiger partial charge in [0.25, 0.3) is 0 Å². The van der Waals surface area contributed by atoms with E-state index in [0.29, 0.717) is 24.4 Å². The molecule has 1 heterocycles. The van der Waals surface area contributed by atoms with E-state index in [-0.39, 0.29) is 11.7 Å². The number of rotatable bonds is 2. The normalized spacial score (nSPS) is 14.2. The Balaban J connectivity index is 1.93. The zero-order chi connectivity index (χ0) is 14.1. The van der Waals surface area contributed by atoms with Crippen molar-refractivity contribution in [1.29, 1.82) is 0 Å². The fourth-order valence-corrected chi connectivity index (χ4v) is 2.61. The molecule has 2 aromatic carbocycles. The Labute approximate surface area is 122 Å². The van der Waals surface area contributed by atoms with Gasteiger partial charge in [-0.15, -0.1) is 0 Å². The third-order valence-corrected chi connectivity index (χ3v) is 3.76. The van der Waals surface area contributed by atoms with Gasteiger partial charge < -0.3 is 4.90 Å². The molecule has 3 nitrogen and oxygen atoms in total. The lowest BCUT2D eigenvalue weighted by Gasteiger charge is -2.29. The molecular formula is C16H13ClNO2. The molecule has 0 aliphatic carbocycles. The van der Waals surface area contributed by atoms with E-state index in [1.165, 1.54) is 6.07 Å². The van der Waals surface area contributed by atoms with Gasteiger partial charge in [0.05, 0.1) is 6.54 Å². The highest BCUT2D eigenvalue weighted by Crippen LogP contribution is 2.32. The van der Waals surface area contributed by atoms with Gasteiger partial charge in [0, 0.05) is 17.1 Å². The van der Waals surface area contributed by atoms with Crippen LogP contribution in [0, 0.1) is 0 Å². The molecule has 0 aromatic heterocycles. The Hall–Kier alpha value is -2.00. The van der Waals surface area contributed by atoms with Gasteiger partial charge in [0.15, 0.2) is 5.75 Å². The first-order valence-corrected chi connectivity index (χ1v) is 6.86. The van der Waals surface area contributed by atoms with Gasteiger partial charge in [0.2, 0.25) is 5.91 Å². The van der Waals surface area contributed by atoms with Gasteiger partial charge in [-0.05, 0) is 47.9 Å². The second-order valence-corrected chi connectivity index (χ2v) is 5.33. The summed E-state index contributed by atoms with van der Waals surface area (Å²) in [6, 6.07) is 12.3. The SMILES string of the molecule is [O]c1ccc2c(c1)CCC(=O)N2Cc1ccc(Cl)cc1. The van der Waals surface area contributed by atoms with Crippen molar-refractivity contribution < 1.29 is 9.90 Å². The standard InChI is InChI=1S/C16H13ClNO2/c17-13-4-1-11(2-5-13)10-18-15-7-6-14(19)9-12(15)3-8-16(18)20/h1-2,4-7,9H,3,8,10H2. The number of benzene rings is 2. The van der Waals surface area contributed by atoms with Crippen LogP contribution in [0.2, 0.25) is 5.02 Å². The Morgan fingerprint density at radius 2 is 1.80 bits per heavy atom. The minimum Gasteiger partial charge on any atom is -0.308 e. The van der Waals surface area contributed by atoms with E-state index >= 15 is 0 Å². The molecule has 4 heteroatoms. The van der Waals surface area contributed by atoms with E-state index < -0.39 is 0 Å². The Bertz CT molecular complexity index is 652. The van der Waals surface area contributed by atoms with Crippen molar-refractivity contribution in [3.8, 4) is 5.75 Å². The second-order valence-electron chi connectivity index (χ2n) is 4.90. The molecule has 1 amide bonds. The molecule has 1 radical (unpaired) electrons. The highest BCUT2D eigenvalue weighted by atomic mass is 35.5. The van der Waals surface area contributed by atoms with Crippen molar-refractivity contribution in [2.75, 3.05) is 4.90 Å². The quantitative estimate of drug-likeness (QED) is 0.823. The topological polar surface area (TPSA) is 40.2 Å². The van der Waals surface area contributed by atoms with E-state index in [1.807, 2.05) is 24.3 Å². The van der Waals surface area contributed by atoms with E-state index in [2.05, 4.69) is 0 Å². The van der Waals surface area contributed by atoms with Crippen LogP contribution in [0.3, 0.4) is 0 Å². The monoisotopic (exact) mass is 286 g/mol. The highest BCUT2D eigenvalue weighted by molar-refractivity contribution is 6.30. The van der Waals surface area contributed by atoms with Crippen molar-refractivity contribution in [2.45, 2.75) is 19.4 Å². The fourth-order valence-electron chi connectivity index (χ4n) is 2.48. The molecule has 2 aromatic rings. The summed E-state index contributed by atoms with van der Waals surface area (Å²) in [7, 11) is 0. The first kappa shape index (κ1) is 13.0. The molecule has 0 fully saturated rings. The van der Waals surface area contributed by atoms with E-state index in [1.54, 1.807) is 17.0 Å². The van der Waals surface area contributed by atoms with Crippen LogP contribution in [0.25, 0.3) is 0 Å². The number of carbonyl (C=O) groups excluding carboxylic acids is 1. The molecule has 0 saturated heterocycles. The van der Waals surface area contributed by atoms with Gasteiger partial charge in [-0.25, -0.2) is 0 Å². The number of aryl methyl sites for hydroxylation is 1. The van der Waals surface area contributed by atoms with Crippen LogP contribution in [0.1, 0.15) is 17.5 Å². The first-order valence-electron chi connectivity index (χ1n) is 6.48. The number of amides is 1. The summed E-state index contributed by atoms with van der Waals surface area (Å²) in [5.74, 6) is 0.0793. The lowest BCUT2D eigenvalue weighted by molar-refractivity contribution is -0.119. The number of carbonyl (C=O) groups is 1. The zero-order valence-corrected chi connectivity index (χ0v) is 11.6. The summed E-state index contributed by atoms with van der Waals surface area (Å²) < 4.78 is 0. The number of nitrogens with zero attached hydrogens (tertiary/aromatic N) is 1. The third kappa shape index (κ3) is 2.49. The number of hydrogen-bond acceptors (Lipinski definition) is 1. The molecule has 3 rings (SSSR count). The van der Waals surface area contributed by atoms with Gasteiger partial charge in [-0.2, -0.15) is 0 Å². The summed E-state index contributed by atoms with van der Waals surface area (Å²) in [5, 5.41) is 12.1. The predicted octanol–water partition coefficient (Wildman–Crippen LogP) is 3.96. The number of anilines is 1. The molecule has 1 aliphatic heterocycles. The number of halogens is 1. The maximum Gasteiger partial charge on any atom is 0.227 e. The minimum atomic E-state index is -0.00968. The Kier molecular flexibility index (Phi) is 3.36. The summed E-state index contributed by atoms with van der Waals surface area (Å²) in [4.78, 5) is 13.9. The molecule has 101 valence electrons. The van der Waals surface area contributed by atoms with Crippen molar-refractivity contribution in [3.63, 3.8) is 0 Å². The van der Waals surface area contributed by atoms with Crippen LogP contribution >= 0.6 is 11.6 Å². The van der Waals surface area contributed by atoms with Crippen LogP contribution in [-0.2, 0) is 22.9 Å². The smallest absolute Gasteiger partial charge is 0.227 e. The van der Waals surface area contributed by atoms with Crippen molar-refractivity contribution in [3.05, 3.63) is 58.6 Å². The average Bonchev–Trinajstić information content (AvgIpc) is 2.44. The maximum absolute atomic E-state index is 12.1. The van der Waals surface area contributed by atoms with E-state index in [9.17, 15) is 9.90 Å². The zero-order valence-electron chi connectivity index (χ0n) is 10.8. The number of fused-ring (bicyclic) bond motifs is 1. The van der Waals surface area contributed by atoms with Crippen LogP contribution in [0.15, 0.2) is 42.5 Å². The molecule has 0 spiro atoms. The summed E-state index contributed by atoms with van der Waals surface area (Å²) in [5.41, 5.74) is 2.81. The first-order chi connectivity index (χ1) is 9.63. The molecular weight excluding hydrogens is 274 g/mol. The summed E-state index contributed by atoms with van der Waals surface area (Å²) in [6.45, 7) is 0.501. The molecule has 0 saturated carbocycles. The molecule has 0 unspecified atom stereocenters. The second kappa shape index (κ2) is 5.17. The van der Waals surface area contributed by atoms with Crippen molar-refractivity contribution in [1.82, 2.24) is 0 Å². The van der Waals surface area contributed by atoms with Crippen LogP contribution < -0.4 is 4.90 Å². The lowest BCUT2D eigenvalue weighted by Crippen LogP contribution is -2.34. The summed E-state index contributed by atoms with van der Waals surface area (Å²) in [6.07, 6.45) is 1.09. The Morgan fingerprint density at radius 3 is 2.55 bits per heavy atom. The Morgan fingerprint density at radius 1 is 1.05 bits per heavy atom. The van der Waals surface area contributed by atoms with Crippen molar-refractivity contribution in [2.24, 2.45) is 0 Å². The molecule has 20 heavy (non-hydrogen) atoms. The fraction of sp³-hybridized carbons (Fsp3) is 0.188. The number of hydrogen-bond donors (Lipinski definition) is 0. The minimum absolute atomic E-state index is 0.00968. The van der Waals surface area contributed by atoms with Crippen LogP contribution in [-0.4, -0.2) is 5.91 Å². The predicted molar refractivity (Wildman–Crippen MR) is 77.5 cm³/mol. The third-order valence-electron chi connectivity index (χ3n) is 3.50. The molecule has 0 atom stereocenters. The van der Waals surface area contributed by atoms with E-state index in [0.717, 1.165) is 16.8 Å². The lowest BCUT2D eigenvalue weighted by atomic mass is 10.00. The molecule has 0 bridgehead atoms. The van der Waals surface area contributed by atoms with Crippen LogP contribution in [0.5, 0.6) is 5.75 Å². The largest absolute Gasteiger partial charge is 0.308 e. The maximum atomic E-state index is 12.1. The molecule has 1 aliphatic rings. The molecule has 0 N–H and O–H groups in total. The van der Waals surface area contributed by atoms with Gasteiger partial charge in [0.1, 0.15) is 0 Å². The van der Waals surface area contributed by atoms with Crippen molar-refractivity contribution >= 4 is 23.2 Å². The van der Waals surface area contributed by atoms with E-state index in [4.69, 9.17) is 11.6 Å². The highest BCUT2D eigenvalue weighted by Gasteiger charge is 2.24. The van der Waals surface area contributed by atoms with Gasteiger partial charge in [-0.3, -0.25) is 9.90 Å². The van der Waals surface area contributed by atoms with Gasteiger partial charge in [-0.1, -0.05) is 23.7 Å². The van der Waals surface area contributed by atoms with Crippen LogP contribution in [0.4, 0.5) is 5.69 Å². The van der Waals surface area contributed by atoms with Gasteiger partial charge >= 0.3 is 0 Å². The summed E-state index contributed by atoms with van der Waals surface area (Å²) >= 11 is 5.87. The average molecular weight is 287 g/mol.